The zero-order valence-corrected chi connectivity index (χ0v) is 25.8. The average Bonchev–Trinajstić information content (AvgIpc) is 3.33. The summed E-state index contributed by atoms with van der Waals surface area (Å²) in [6.07, 6.45) is 2.98. The van der Waals surface area contributed by atoms with Gasteiger partial charge >= 0.3 is 0 Å². The fourth-order valence-electron chi connectivity index (χ4n) is 4.18. The number of fused-ring (bicyclic) bond motifs is 1. The van der Waals surface area contributed by atoms with Crippen LogP contribution in [-0.4, -0.2) is 42.1 Å². The van der Waals surface area contributed by atoms with Crippen molar-refractivity contribution in [1.29, 1.82) is 0 Å². The Morgan fingerprint density at radius 3 is 2.09 bits per heavy atom. The zero-order valence-electron chi connectivity index (χ0n) is 23.4. The second kappa shape index (κ2) is 12.6. The Balaban J connectivity index is 0.000000339. The van der Waals surface area contributed by atoms with Gasteiger partial charge < -0.3 is 10.3 Å². The van der Waals surface area contributed by atoms with Gasteiger partial charge in [0.05, 0.1) is 10.9 Å². The molecule has 44 heavy (non-hydrogen) atoms. The van der Waals surface area contributed by atoms with E-state index in [4.69, 9.17) is 16.4 Å². The smallest absolute Gasteiger partial charge is 0.265 e. The van der Waals surface area contributed by atoms with Gasteiger partial charge in [0.1, 0.15) is 45.0 Å². The van der Waals surface area contributed by atoms with Crippen LogP contribution in [-0.2, 0) is 19.1 Å². The molecule has 0 aliphatic heterocycles. The molecule has 0 amide bonds. The van der Waals surface area contributed by atoms with Crippen molar-refractivity contribution in [2.75, 3.05) is 10.5 Å². The minimum Gasteiger partial charge on any atom is -0.383 e. The molecule has 0 radical (unpaired) electrons. The van der Waals surface area contributed by atoms with E-state index in [0.29, 0.717) is 16.7 Å². The monoisotopic (exact) mass is 662 g/mol. The van der Waals surface area contributed by atoms with E-state index in [1.54, 1.807) is 13.1 Å². The molecular weight excluding hydrogens is 638 g/mol. The number of carbonyl (C=O) groups excluding carboxylic acids is 1. The van der Waals surface area contributed by atoms with Crippen molar-refractivity contribution in [3.05, 3.63) is 102 Å². The highest BCUT2D eigenvalue weighted by molar-refractivity contribution is 8.13. The maximum atomic E-state index is 14.0. The molecule has 5 rings (SSSR count). The molecule has 0 saturated carbocycles. The Labute approximate surface area is 256 Å². The maximum absolute atomic E-state index is 14.0. The fraction of sp³-hybridized carbons (Fsp3) is 0.143. The van der Waals surface area contributed by atoms with Gasteiger partial charge in [-0.2, -0.15) is 0 Å². The summed E-state index contributed by atoms with van der Waals surface area (Å²) in [6.45, 7) is 5.50. The van der Waals surface area contributed by atoms with Gasteiger partial charge in [-0.3, -0.25) is 9.52 Å². The van der Waals surface area contributed by atoms with E-state index in [0.717, 1.165) is 24.3 Å². The topological polar surface area (TPSA) is 167 Å². The average molecular weight is 663 g/mol. The van der Waals surface area contributed by atoms with Crippen LogP contribution in [0.1, 0.15) is 41.5 Å². The number of sulfonamides is 1. The Kier molecular flexibility index (Phi) is 9.32. The van der Waals surface area contributed by atoms with Crippen molar-refractivity contribution in [2.45, 2.75) is 36.6 Å². The highest BCUT2D eigenvalue weighted by Gasteiger charge is 2.24. The molecule has 3 N–H and O–H groups in total. The first-order valence-electron chi connectivity index (χ1n) is 12.7. The molecule has 0 bridgehead atoms. The predicted octanol–water partition coefficient (Wildman–Crippen LogP) is 5.22. The molecule has 3 heterocycles. The van der Waals surface area contributed by atoms with Crippen LogP contribution in [0.15, 0.2) is 83.0 Å². The van der Waals surface area contributed by atoms with Gasteiger partial charge in [-0.05, 0) is 57.2 Å². The molecule has 0 spiro atoms. The minimum absolute atomic E-state index is 0.00525. The van der Waals surface area contributed by atoms with Gasteiger partial charge in [0.15, 0.2) is 5.78 Å². The van der Waals surface area contributed by atoms with Crippen LogP contribution >= 0.6 is 10.7 Å². The fourth-order valence-corrected chi connectivity index (χ4v) is 6.17. The van der Waals surface area contributed by atoms with E-state index in [1.807, 2.05) is 18.4 Å². The molecule has 16 heteroatoms. The van der Waals surface area contributed by atoms with Gasteiger partial charge in [-0.15, -0.1) is 0 Å². The summed E-state index contributed by atoms with van der Waals surface area (Å²) in [5.74, 6) is -2.08. The van der Waals surface area contributed by atoms with Gasteiger partial charge in [0.25, 0.3) is 19.1 Å². The third-order valence-corrected chi connectivity index (χ3v) is 8.86. The third kappa shape index (κ3) is 7.01. The Morgan fingerprint density at radius 2 is 1.55 bits per heavy atom. The lowest BCUT2D eigenvalue weighted by Crippen LogP contribution is -2.16. The summed E-state index contributed by atoms with van der Waals surface area (Å²) in [5, 5.41) is 0.416. The molecule has 3 aromatic heterocycles. The van der Waals surface area contributed by atoms with Crippen LogP contribution in [0.3, 0.4) is 0 Å². The van der Waals surface area contributed by atoms with Crippen molar-refractivity contribution in [1.82, 2.24) is 19.5 Å². The lowest BCUT2D eigenvalue weighted by atomic mass is 10.0. The van der Waals surface area contributed by atoms with Crippen molar-refractivity contribution in [2.24, 2.45) is 0 Å². The van der Waals surface area contributed by atoms with E-state index >= 15 is 0 Å². The van der Waals surface area contributed by atoms with Crippen LogP contribution in [0, 0.1) is 18.6 Å². The number of nitrogens with two attached hydrogens (primary N) is 1. The number of aromatic nitrogens is 4. The van der Waals surface area contributed by atoms with E-state index in [-0.39, 0.29) is 28.8 Å². The number of rotatable bonds is 7. The number of benzene rings is 2. The largest absolute Gasteiger partial charge is 0.383 e. The molecule has 0 aliphatic carbocycles. The Morgan fingerprint density at radius 1 is 0.955 bits per heavy atom. The lowest BCUT2D eigenvalue weighted by molar-refractivity contribution is 0.104. The summed E-state index contributed by atoms with van der Waals surface area (Å²) in [5.41, 5.74) is 7.43. The number of nitrogens with zero attached hydrogens (tertiary/aromatic N) is 4. The van der Waals surface area contributed by atoms with E-state index in [2.05, 4.69) is 19.7 Å². The quantitative estimate of drug-likeness (QED) is 0.175. The number of aryl methyl sites for hydroxylation is 1. The Bertz CT molecular complexity index is 2110. The van der Waals surface area contributed by atoms with E-state index < -0.39 is 46.3 Å². The molecule has 0 unspecified atom stereocenters. The highest BCUT2D eigenvalue weighted by Crippen LogP contribution is 2.29. The number of ketones is 1. The number of halogens is 3. The van der Waals surface area contributed by atoms with Crippen molar-refractivity contribution < 1.29 is 30.4 Å². The summed E-state index contributed by atoms with van der Waals surface area (Å²) in [6, 6.07) is 12.8. The van der Waals surface area contributed by atoms with Crippen molar-refractivity contribution in [3.8, 4) is 0 Å². The van der Waals surface area contributed by atoms with Gasteiger partial charge in [-0.25, -0.2) is 40.6 Å². The van der Waals surface area contributed by atoms with Crippen LogP contribution in [0.4, 0.5) is 20.4 Å². The second-order valence-corrected chi connectivity index (χ2v) is 13.8. The number of hydrogen-bond donors (Lipinski definition) is 2. The lowest BCUT2D eigenvalue weighted by Gasteiger charge is -2.10. The standard InChI is InChI=1S/C22H21FN6O3S.C6H4ClFO2S/c1-12(2)29-10-15(19-21(24)25-11-26-22(19)29)20(30)14-8-13(3)27-18(9-14)28-33(31,32)17-7-5-4-6-16(17)23;7-11(9,10)6-4-2-1-3-5(6)8/h4-12H,1-3H3,(H,27,28)(H2,24,25,26);1-4H. The van der Waals surface area contributed by atoms with Crippen LogP contribution < -0.4 is 10.5 Å². The zero-order chi connectivity index (χ0) is 32.4. The van der Waals surface area contributed by atoms with E-state index in [9.17, 15) is 30.4 Å². The summed E-state index contributed by atoms with van der Waals surface area (Å²) >= 11 is 0. The van der Waals surface area contributed by atoms with Crippen LogP contribution in [0.5, 0.6) is 0 Å². The molecule has 0 aliphatic rings. The van der Waals surface area contributed by atoms with E-state index in [1.165, 1.54) is 42.7 Å². The molecule has 230 valence electrons. The number of anilines is 2. The summed E-state index contributed by atoms with van der Waals surface area (Å²) < 4.78 is 77.2. The molecule has 2 aromatic carbocycles. The van der Waals surface area contributed by atoms with Crippen LogP contribution in [0.25, 0.3) is 11.0 Å². The van der Waals surface area contributed by atoms with Gasteiger partial charge in [-0.1, -0.05) is 24.3 Å². The first-order chi connectivity index (χ1) is 20.6. The number of pyridine rings is 1. The Hall–Kier alpha value is -4.47. The minimum atomic E-state index is -4.26. The molecule has 0 fully saturated rings. The molecule has 0 atom stereocenters. The molecule has 0 saturated heterocycles. The number of hydrogen-bond acceptors (Lipinski definition) is 9. The van der Waals surface area contributed by atoms with Gasteiger partial charge in [0.2, 0.25) is 0 Å². The highest BCUT2D eigenvalue weighted by atomic mass is 35.7. The maximum Gasteiger partial charge on any atom is 0.265 e. The number of nitrogen functional groups attached to an aromatic ring is 1. The van der Waals surface area contributed by atoms with Crippen LogP contribution in [0.2, 0.25) is 0 Å². The van der Waals surface area contributed by atoms with Crippen molar-refractivity contribution in [3.63, 3.8) is 0 Å². The first kappa shape index (κ1) is 32.4. The van der Waals surface area contributed by atoms with Crippen molar-refractivity contribution >= 4 is 58.2 Å². The predicted molar refractivity (Wildman–Crippen MR) is 161 cm³/mol. The summed E-state index contributed by atoms with van der Waals surface area (Å²) in [4.78, 5) is 24.9. The number of carbonyl (C=O) groups is 1. The van der Waals surface area contributed by atoms with Gasteiger partial charge in [0, 0.05) is 34.2 Å². The normalized spacial score (nSPS) is 11.7. The third-order valence-electron chi connectivity index (χ3n) is 6.12. The molecule has 5 aromatic rings. The molecule has 11 nitrogen and oxygen atoms in total. The summed E-state index contributed by atoms with van der Waals surface area (Å²) in [7, 11) is -3.30. The first-order valence-corrected chi connectivity index (χ1v) is 16.5. The SMILES string of the molecule is Cc1cc(C(=O)c2cn(C(C)C)c3ncnc(N)c23)cc(NS(=O)(=O)c2ccccc2F)n1.O=S(=O)(Cl)c1ccccc1F. The molecular formula is C28H25ClF2N6O5S2. The second-order valence-electron chi connectivity index (χ2n) is 9.62. The number of nitrogens with one attached hydrogen (secondary N) is 1.